The van der Waals surface area contributed by atoms with Crippen LogP contribution < -0.4 is 0 Å². The summed E-state index contributed by atoms with van der Waals surface area (Å²) >= 11 is 0. The Morgan fingerprint density at radius 1 is 0.475 bits per heavy atom. The van der Waals surface area contributed by atoms with Crippen LogP contribution in [0.5, 0.6) is 0 Å². The molecule has 0 spiro atoms. The minimum atomic E-state index is 0.626. The van der Waals surface area contributed by atoms with Gasteiger partial charge in [-0.05, 0) is 17.9 Å². The molecule has 228 valence electrons. The van der Waals surface area contributed by atoms with Crippen LogP contribution in [-0.4, -0.2) is 11.6 Å². The van der Waals surface area contributed by atoms with Gasteiger partial charge in [0.25, 0.3) is 0 Å². The third-order valence-electron chi connectivity index (χ3n) is 8.64. The van der Waals surface area contributed by atoms with E-state index in [0.717, 1.165) is 12.3 Å². The van der Waals surface area contributed by atoms with Crippen LogP contribution in [0.1, 0.15) is 180 Å². The van der Waals surface area contributed by atoms with Crippen molar-refractivity contribution in [2.75, 3.05) is 6.61 Å². The SMILES string of the molecule is CCCCCCCCCCCCCCCCCCCCCCCCCCCCOCc1nccc2ccccc12. The molecule has 0 N–H and O–H groups in total. The Balaban J connectivity index is 1.21. The highest BCUT2D eigenvalue weighted by molar-refractivity contribution is 5.84. The molecule has 0 bridgehead atoms. The van der Waals surface area contributed by atoms with Gasteiger partial charge < -0.3 is 4.74 Å². The van der Waals surface area contributed by atoms with E-state index in [0.29, 0.717) is 6.61 Å². The van der Waals surface area contributed by atoms with E-state index in [1.165, 1.54) is 178 Å². The molecule has 0 unspecified atom stereocenters. The molecule has 0 aliphatic heterocycles. The number of unbranched alkanes of at least 4 members (excludes halogenated alkanes) is 25. The van der Waals surface area contributed by atoms with Crippen molar-refractivity contribution in [1.29, 1.82) is 0 Å². The van der Waals surface area contributed by atoms with Gasteiger partial charge in [-0.25, -0.2) is 0 Å². The fourth-order valence-corrected chi connectivity index (χ4v) is 5.99. The minimum absolute atomic E-state index is 0.626. The maximum Gasteiger partial charge on any atom is 0.0894 e. The summed E-state index contributed by atoms with van der Waals surface area (Å²) in [4.78, 5) is 4.52. The summed E-state index contributed by atoms with van der Waals surface area (Å²) in [5.74, 6) is 0. The van der Waals surface area contributed by atoms with Crippen molar-refractivity contribution in [2.45, 2.75) is 180 Å². The largest absolute Gasteiger partial charge is 0.375 e. The number of fused-ring (bicyclic) bond motifs is 1. The van der Waals surface area contributed by atoms with Gasteiger partial charge in [0.15, 0.2) is 0 Å². The Labute approximate surface area is 249 Å². The zero-order valence-electron chi connectivity index (χ0n) is 26.6. The van der Waals surface area contributed by atoms with E-state index in [9.17, 15) is 0 Å². The summed E-state index contributed by atoms with van der Waals surface area (Å²) in [5.41, 5.74) is 1.06. The Morgan fingerprint density at radius 2 is 0.875 bits per heavy atom. The van der Waals surface area contributed by atoms with Crippen LogP contribution in [0, 0.1) is 0 Å². The molecule has 2 heteroatoms. The van der Waals surface area contributed by atoms with Gasteiger partial charge in [-0.2, -0.15) is 0 Å². The third-order valence-corrected chi connectivity index (χ3v) is 8.64. The summed E-state index contributed by atoms with van der Waals surface area (Å²) in [7, 11) is 0. The van der Waals surface area contributed by atoms with E-state index >= 15 is 0 Å². The van der Waals surface area contributed by atoms with Gasteiger partial charge in [0.1, 0.15) is 0 Å². The number of rotatable bonds is 29. The first-order valence-corrected chi connectivity index (χ1v) is 17.8. The summed E-state index contributed by atoms with van der Waals surface area (Å²) in [6, 6.07) is 10.5. The number of pyridine rings is 1. The molecular formula is C38H65NO. The molecule has 2 rings (SSSR count). The van der Waals surface area contributed by atoms with Gasteiger partial charge in [0.2, 0.25) is 0 Å². The number of nitrogens with zero attached hydrogens (tertiary/aromatic N) is 1. The van der Waals surface area contributed by atoms with E-state index < -0.39 is 0 Å². The average Bonchev–Trinajstić information content (AvgIpc) is 2.98. The zero-order valence-corrected chi connectivity index (χ0v) is 26.6. The lowest BCUT2D eigenvalue weighted by molar-refractivity contribution is 0.115. The van der Waals surface area contributed by atoms with Crippen molar-refractivity contribution < 1.29 is 4.74 Å². The molecule has 0 radical (unpaired) electrons. The predicted molar refractivity (Wildman–Crippen MR) is 177 cm³/mol. The Bertz CT molecular complexity index is 798. The zero-order chi connectivity index (χ0) is 28.2. The molecule has 0 aliphatic carbocycles. The van der Waals surface area contributed by atoms with Gasteiger partial charge in [-0.15, -0.1) is 0 Å². The lowest BCUT2D eigenvalue weighted by Crippen LogP contribution is -1.98. The second kappa shape index (κ2) is 26.5. The highest BCUT2D eigenvalue weighted by Gasteiger charge is 2.02. The standard InChI is InChI=1S/C38H65NO/c1-2-3-4-5-6-7-8-9-10-11-12-13-14-15-16-17-18-19-20-21-22-23-24-25-26-29-34-40-35-38-37-31-28-27-30-36(37)32-33-39-38/h27-28,30-33H,2-26,29,34-35H2,1H3. The maximum absolute atomic E-state index is 5.92. The Morgan fingerprint density at radius 3 is 1.32 bits per heavy atom. The van der Waals surface area contributed by atoms with Gasteiger partial charge in [-0.1, -0.05) is 192 Å². The van der Waals surface area contributed by atoms with E-state index in [4.69, 9.17) is 4.74 Å². The molecule has 0 fully saturated rings. The fourth-order valence-electron chi connectivity index (χ4n) is 5.99. The first kappa shape index (κ1) is 34.8. The number of aromatic nitrogens is 1. The summed E-state index contributed by atoms with van der Waals surface area (Å²) < 4.78 is 5.92. The Hall–Kier alpha value is -1.41. The highest BCUT2D eigenvalue weighted by atomic mass is 16.5. The van der Waals surface area contributed by atoms with Crippen LogP contribution in [0.2, 0.25) is 0 Å². The van der Waals surface area contributed by atoms with Gasteiger partial charge in [0, 0.05) is 18.2 Å². The number of ether oxygens (including phenoxy) is 1. The molecule has 1 aromatic heterocycles. The molecule has 0 atom stereocenters. The van der Waals surface area contributed by atoms with Crippen molar-refractivity contribution in [3.05, 3.63) is 42.2 Å². The van der Waals surface area contributed by atoms with Gasteiger partial charge >= 0.3 is 0 Å². The fraction of sp³-hybridized carbons (Fsp3) is 0.763. The van der Waals surface area contributed by atoms with Crippen LogP contribution in [0.25, 0.3) is 10.8 Å². The molecular weight excluding hydrogens is 486 g/mol. The van der Waals surface area contributed by atoms with Crippen LogP contribution in [0.15, 0.2) is 36.5 Å². The molecule has 0 saturated heterocycles. The Kier molecular flexibility index (Phi) is 23.0. The van der Waals surface area contributed by atoms with Crippen molar-refractivity contribution in [1.82, 2.24) is 4.98 Å². The number of hydrogen-bond donors (Lipinski definition) is 0. The lowest BCUT2D eigenvalue weighted by Gasteiger charge is -2.07. The second-order valence-corrected chi connectivity index (χ2v) is 12.4. The first-order valence-electron chi connectivity index (χ1n) is 17.8. The smallest absolute Gasteiger partial charge is 0.0894 e. The lowest BCUT2D eigenvalue weighted by atomic mass is 10.0. The van der Waals surface area contributed by atoms with Crippen LogP contribution >= 0.6 is 0 Å². The quantitative estimate of drug-likeness (QED) is 0.0938. The van der Waals surface area contributed by atoms with Crippen molar-refractivity contribution >= 4 is 10.8 Å². The van der Waals surface area contributed by atoms with E-state index in [1.54, 1.807) is 0 Å². The molecule has 0 saturated carbocycles. The molecule has 0 amide bonds. The van der Waals surface area contributed by atoms with Crippen LogP contribution in [0.3, 0.4) is 0 Å². The van der Waals surface area contributed by atoms with Crippen LogP contribution in [0.4, 0.5) is 0 Å². The molecule has 2 aromatic rings. The average molecular weight is 552 g/mol. The number of benzene rings is 1. The molecule has 1 heterocycles. The maximum atomic E-state index is 5.92. The second-order valence-electron chi connectivity index (χ2n) is 12.4. The topological polar surface area (TPSA) is 22.1 Å². The molecule has 2 nitrogen and oxygen atoms in total. The first-order chi connectivity index (χ1) is 19.9. The normalized spacial score (nSPS) is 11.5. The minimum Gasteiger partial charge on any atom is -0.375 e. The molecule has 0 aliphatic rings. The summed E-state index contributed by atoms with van der Waals surface area (Å²) in [6.07, 6.45) is 39.2. The van der Waals surface area contributed by atoms with Crippen LogP contribution in [-0.2, 0) is 11.3 Å². The van der Waals surface area contributed by atoms with Crippen molar-refractivity contribution in [2.24, 2.45) is 0 Å². The number of hydrogen-bond acceptors (Lipinski definition) is 2. The monoisotopic (exact) mass is 552 g/mol. The molecule has 40 heavy (non-hydrogen) atoms. The van der Waals surface area contributed by atoms with Gasteiger partial charge in [-0.3, -0.25) is 4.98 Å². The predicted octanol–water partition coefficient (Wildman–Crippen LogP) is 12.9. The molecule has 1 aromatic carbocycles. The van der Waals surface area contributed by atoms with Crippen molar-refractivity contribution in [3.63, 3.8) is 0 Å². The third kappa shape index (κ3) is 18.8. The van der Waals surface area contributed by atoms with E-state index in [2.05, 4.69) is 42.2 Å². The van der Waals surface area contributed by atoms with E-state index in [-0.39, 0.29) is 0 Å². The van der Waals surface area contributed by atoms with E-state index in [1.807, 2.05) is 6.20 Å². The summed E-state index contributed by atoms with van der Waals surface area (Å²) in [5, 5.41) is 2.46. The highest BCUT2D eigenvalue weighted by Crippen LogP contribution is 2.18. The van der Waals surface area contributed by atoms with Gasteiger partial charge in [0.05, 0.1) is 12.3 Å². The van der Waals surface area contributed by atoms with Crippen molar-refractivity contribution in [3.8, 4) is 0 Å². The summed E-state index contributed by atoms with van der Waals surface area (Å²) in [6.45, 7) is 3.78.